The second kappa shape index (κ2) is 4.90. The summed E-state index contributed by atoms with van der Waals surface area (Å²) in [5, 5.41) is -0.355. The average Bonchev–Trinajstić information content (AvgIpc) is 2.48. The summed E-state index contributed by atoms with van der Waals surface area (Å²) in [6.07, 6.45) is 2.44. The Labute approximate surface area is 128 Å². The molecule has 122 valence electrons. The van der Waals surface area contributed by atoms with Crippen molar-refractivity contribution in [1.29, 1.82) is 0 Å². The third kappa shape index (κ3) is 2.34. The number of hydrogen-bond donors (Lipinski definition) is 0. The third-order valence-electron chi connectivity index (χ3n) is 3.47. The van der Waals surface area contributed by atoms with Crippen molar-refractivity contribution < 1.29 is 35.5 Å². The lowest BCUT2D eigenvalue weighted by Gasteiger charge is -2.30. The molecule has 0 saturated carbocycles. The van der Waals surface area contributed by atoms with Crippen LogP contribution >= 0.6 is 0 Å². The van der Waals surface area contributed by atoms with Crippen LogP contribution in [-0.2, 0) is 25.6 Å². The van der Waals surface area contributed by atoms with Gasteiger partial charge in [-0.25, -0.2) is 0 Å². The van der Waals surface area contributed by atoms with Gasteiger partial charge in [0.15, 0.2) is 0 Å². The lowest BCUT2D eigenvalue weighted by Crippen LogP contribution is -2.45. The van der Waals surface area contributed by atoms with Gasteiger partial charge in [0.05, 0.1) is 5.56 Å². The largest absolute Gasteiger partial charge is 0.525 e. The van der Waals surface area contributed by atoms with Crippen LogP contribution in [0.5, 0.6) is 0 Å². The van der Waals surface area contributed by atoms with Crippen LogP contribution in [0.2, 0.25) is 0 Å². The fourth-order valence-corrected chi connectivity index (χ4v) is 2.91. The summed E-state index contributed by atoms with van der Waals surface area (Å²) in [7, 11) is -6.13. The van der Waals surface area contributed by atoms with Gasteiger partial charge < -0.3 is 0 Å². The Bertz CT molecular complexity index is 857. The van der Waals surface area contributed by atoms with Gasteiger partial charge >= 0.3 is 15.6 Å². The number of halogens is 3. The Morgan fingerprint density at radius 1 is 1.13 bits per heavy atom. The van der Waals surface area contributed by atoms with E-state index in [9.17, 15) is 31.2 Å². The molecule has 6 nitrogen and oxygen atoms in total. The molecule has 0 unspecified atom stereocenters. The van der Waals surface area contributed by atoms with Gasteiger partial charge in [0.2, 0.25) is 0 Å². The van der Waals surface area contributed by atoms with E-state index in [1.807, 2.05) is 0 Å². The summed E-state index contributed by atoms with van der Waals surface area (Å²) in [6, 6.07) is 4.49. The number of carbonyl (C=O) groups is 2. The summed E-state index contributed by atoms with van der Waals surface area (Å²) in [5.41, 5.74) is -4.86. The number of carbonyl (C=O) groups excluding carboxylic acids is 2. The molecule has 1 aliphatic heterocycles. The molecule has 0 aromatic heterocycles. The van der Waals surface area contributed by atoms with E-state index in [1.54, 1.807) is 6.07 Å². The minimum absolute atomic E-state index is 0.0428. The van der Waals surface area contributed by atoms with Gasteiger partial charge in [-0.15, -0.1) is 9.35 Å². The number of alkyl halides is 3. The van der Waals surface area contributed by atoms with E-state index < -0.39 is 27.4 Å². The molecule has 0 spiro atoms. The topological polar surface area (TPSA) is 80.8 Å². The van der Waals surface area contributed by atoms with Gasteiger partial charge in [-0.05, 0) is 24.5 Å². The maximum atomic E-state index is 12.4. The van der Waals surface area contributed by atoms with Crippen molar-refractivity contribution in [2.24, 2.45) is 0 Å². The van der Waals surface area contributed by atoms with Crippen LogP contribution in [0.3, 0.4) is 0 Å². The standard InChI is InChI=1S/C13H8F3NO5S/c14-13(15,16)23(20,21)22-17-11(18)8-5-1-3-7-4-2-6-9(10(7)8)12(17)19/h1,3,5-6H,2,4H2. The van der Waals surface area contributed by atoms with E-state index in [4.69, 9.17) is 0 Å². The van der Waals surface area contributed by atoms with Crippen molar-refractivity contribution in [3.05, 3.63) is 41.0 Å². The Hall–Kier alpha value is -2.20. The molecule has 1 aliphatic carbocycles. The summed E-state index contributed by atoms with van der Waals surface area (Å²) >= 11 is 0. The average molecular weight is 347 g/mol. The maximum absolute atomic E-state index is 12.4. The van der Waals surface area contributed by atoms with Gasteiger partial charge in [-0.3, -0.25) is 9.59 Å². The number of rotatable bonds is 2. The minimum atomic E-state index is -6.13. The van der Waals surface area contributed by atoms with E-state index in [0.29, 0.717) is 24.0 Å². The van der Waals surface area contributed by atoms with Crippen LogP contribution in [0.1, 0.15) is 27.9 Å². The van der Waals surface area contributed by atoms with E-state index >= 15 is 0 Å². The van der Waals surface area contributed by atoms with Gasteiger partial charge in [-0.1, -0.05) is 18.2 Å². The summed E-state index contributed by atoms with van der Waals surface area (Å²) in [5.74, 6) is -2.49. The molecule has 23 heavy (non-hydrogen) atoms. The second-order valence-electron chi connectivity index (χ2n) is 4.88. The van der Waals surface area contributed by atoms with E-state index in [-0.39, 0.29) is 16.2 Å². The highest BCUT2D eigenvalue weighted by atomic mass is 32.2. The summed E-state index contributed by atoms with van der Waals surface area (Å²) < 4.78 is 63.2. The third-order valence-corrected chi connectivity index (χ3v) is 4.38. The van der Waals surface area contributed by atoms with Gasteiger partial charge in [0.25, 0.3) is 11.8 Å². The molecule has 10 heteroatoms. The summed E-state index contributed by atoms with van der Waals surface area (Å²) in [4.78, 5) is 24.4. The Morgan fingerprint density at radius 3 is 2.48 bits per heavy atom. The Kier molecular flexibility index (Phi) is 3.34. The number of aryl methyl sites for hydroxylation is 1. The lowest BCUT2D eigenvalue weighted by molar-refractivity contribution is -0.144. The monoisotopic (exact) mass is 347 g/mol. The second-order valence-corrected chi connectivity index (χ2v) is 6.40. The first kappa shape index (κ1) is 15.7. The minimum Gasteiger partial charge on any atom is -0.266 e. The molecule has 0 fully saturated rings. The van der Waals surface area contributed by atoms with Crippen LogP contribution in [0.4, 0.5) is 13.2 Å². The number of nitrogens with zero attached hydrogens (tertiary/aromatic N) is 1. The van der Waals surface area contributed by atoms with Crippen LogP contribution in [0, 0.1) is 0 Å². The van der Waals surface area contributed by atoms with Gasteiger partial charge in [-0.2, -0.15) is 21.6 Å². The number of benzene rings is 1. The predicted octanol–water partition coefficient (Wildman–Crippen LogP) is 1.78. The van der Waals surface area contributed by atoms with Crippen molar-refractivity contribution in [2.45, 2.75) is 18.3 Å². The maximum Gasteiger partial charge on any atom is 0.525 e. The molecular weight excluding hydrogens is 339 g/mol. The lowest BCUT2D eigenvalue weighted by atomic mass is 9.84. The number of imide groups is 1. The molecule has 1 heterocycles. The molecule has 2 amide bonds. The zero-order valence-corrected chi connectivity index (χ0v) is 12.1. The fraction of sp³-hybridized carbons (Fsp3) is 0.231. The van der Waals surface area contributed by atoms with E-state index in [2.05, 4.69) is 4.28 Å². The first-order valence-corrected chi connectivity index (χ1v) is 7.76. The molecule has 0 bridgehead atoms. The smallest absolute Gasteiger partial charge is 0.266 e. The highest BCUT2D eigenvalue weighted by molar-refractivity contribution is 7.87. The molecule has 2 aliphatic rings. The first-order chi connectivity index (χ1) is 10.6. The number of hydrogen-bond acceptors (Lipinski definition) is 5. The van der Waals surface area contributed by atoms with Gasteiger partial charge in [0, 0.05) is 11.1 Å². The molecule has 0 N–H and O–H groups in total. The summed E-state index contributed by atoms with van der Waals surface area (Å²) in [6.45, 7) is 0. The molecule has 1 aromatic carbocycles. The van der Waals surface area contributed by atoms with Crippen molar-refractivity contribution in [1.82, 2.24) is 5.06 Å². The van der Waals surface area contributed by atoms with Crippen molar-refractivity contribution in [3.63, 3.8) is 0 Å². The SMILES string of the molecule is O=C1C2=CCCc3cccc(c32)C(=O)N1OS(=O)(=O)C(F)(F)F. The highest BCUT2D eigenvalue weighted by Crippen LogP contribution is 2.37. The number of allylic oxidation sites excluding steroid dienone is 1. The number of hydroxylamine groups is 2. The molecule has 3 rings (SSSR count). The van der Waals surface area contributed by atoms with E-state index in [1.165, 1.54) is 18.2 Å². The zero-order chi connectivity index (χ0) is 17.0. The molecule has 0 radical (unpaired) electrons. The van der Waals surface area contributed by atoms with Crippen molar-refractivity contribution >= 4 is 27.5 Å². The van der Waals surface area contributed by atoms with Crippen LogP contribution in [0.15, 0.2) is 24.3 Å². The normalized spacial score (nSPS) is 17.9. The highest BCUT2D eigenvalue weighted by Gasteiger charge is 2.52. The van der Waals surface area contributed by atoms with Crippen LogP contribution < -0.4 is 0 Å². The molecular formula is C13H8F3NO5S. The van der Waals surface area contributed by atoms with Crippen LogP contribution in [0.25, 0.3) is 5.57 Å². The Balaban J connectivity index is 2.10. The van der Waals surface area contributed by atoms with Gasteiger partial charge in [0.1, 0.15) is 0 Å². The molecule has 1 aromatic rings. The molecule has 0 atom stereocenters. The molecule has 0 saturated heterocycles. The van der Waals surface area contributed by atoms with Crippen LogP contribution in [-0.4, -0.2) is 30.8 Å². The van der Waals surface area contributed by atoms with Crippen molar-refractivity contribution in [2.75, 3.05) is 0 Å². The van der Waals surface area contributed by atoms with E-state index in [0.717, 1.165) is 0 Å². The fourth-order valence-electron chi connectivity index (χ4n) is 2.49. The number of amides is 2. The Morgan fingerprint density at radius 2 is 1.83 bits per heavy atom. The predicted molar refractivity (Wildman–Crippen MR) is 70.0 cm³/mol. The first-order valence-electron chi connectivity index (χ1n) is 6.35. The van der Waals surface area contributed by atoms with Crippen molar-refractivity contribution in [3.8, 4) is 0 Å². The zero-order valence-electron chi connectivity index (χ0n) is 11.3. The quantitative estimate of drug-likeness (QED) is 0.602.